The average Bonchev–Trinajstić information content (AvgIpc) is 2.66. The van der Waals surface area contributed by atoms with Crippen molar-refractivity contribution in [3.63, 3.8) is 0 Å². The van der Waals surface area contributed by atoms with Gasteiger partial charge in [0.05, 0.1) is 11.6 Å². The molecule has 0 heterocycles. The molecule has 0 fully saturated rings. The molecule has 2 aromatic carbocycles. The van der Waals surface area contributed by atoms with Crippen molar-refractivity contribution in [3.05, 3.63) is 58.6 Å². The second-order valence-corrected chi connectivity index (χ2v) is 8.42. The van der Waals surface area contributed by atoms with Gasteiger partial charge in [-0.1, -0.05) is 30.3 Å². The molecule has 1 atom stereocenters. The van der Waals surface area contributed by atoms with E-state index in [2.05, 4.69) is 26.6 Å². The van der Waals surface area contributed by atoms with Gasteiger partial charge in [0.1, 0.15) is 17.4 Å². The molecule has 2 amide bonds. The summed E-state index contributed by atoms with van der Waals surface area (Å²) < 4.78 is 11.4. The number of aryl methyl sites for hydroxylation is 1. The van der Waals surface area contributed by atoms with Gasteiger partial charge in [-0.2, -0.15) is 0 Å². The van der Waals surface area contributed by atoms with Crippen LogP contribution in [0.15, 0.2) is 53.0 Å². The van der Waals surface area contributed by atoms with Gasteiger partial charge in [-0.05, 0) is 67.2 Å². The molecule has 2 rings (SSSR count). The zero-order chi connectivity index (χ0) is 21.4. The number of rotatable bonds is 7. The van der Waals surface area contributed by atoms with Gasteiger partial charge < -0.3 is 20.1 Å². The molecule has 0 spiro atoms. The molecule has 2 aromatic rings. The van der Waals surface area contributed by atoms with Gasteiger partial charge in [-0.15, -0.1) is 0 Å². The minimum atomic E-state index is -0.750. The maximum absolute atomic E-state index is 12.9. The first kappa shape index (κ1) is 22.7. The first-order valence-corrected chi connectivity index (χ1v) is 10.1. The van der Waals surface area contributed by atoms with Crippen LogP contribution in [0.2, 0.25) is 0 Å². The summed E-state index contributed by atoms with van der Waals surface area (Å²) in [5.74, 6) is 0.278. The molecule has 6 nitrogen and oxygen atoms in total. The Hall–Kier alpha value is -2.54. The number of benzene rings is 2. The van der Waals surface area contributed by atoms with E-state index < -0.39 is 17.7 Å². The third-order valence-electron chi connectivity index (χ3n) is 3.99. The lowest BCUT2D eigenvalue weighted by Crippen LogP contribution is -2.46. The second kappa shape index (κ2) is 10.3. The number of alkyl carbamates (subject to hydrolysis) is 1. The van der Waals surface area contributed by atoms with Crippen LogP contribution in [0.4, 0.5) is 10.5 Å². The second-order valence-electron chi connectivity index (χ2n) is 7.56. The van der Waals surface area contributed by atoms with Gasteiger partial charge >= 0.3 is 6.09 Å². The molecule has 0 aromatic heterocycles. The molecule has 0 saturated heterocycles. The topological polar surface area (TPSA) is 76.7 Å². The highest BCUT2D eigenvalue weighted by atomic mass is 79.9. The quantitative estimate of drug-likeness (QED) is 0.611. The zero-order valence-electron chi connectivity index (χ0n) is 17.1. The minimum absolute atomic E-state index is 0.323. The van der Waals surface area contributed by atoms with E-state index in [0.29, 0.717) is 24.3 Å². The third-order valence-corrected chi connectivity index (χ3v) is 4.65. The highest BCUT2D eigenvalue weighted by Gasteiger charge is 2.24. The highest BCUT2D eigenvalue weighted by Crippen LogP contribution is 2.28. The lowest BCUT2D eigenvalue weighted by Gasteiger charge is -2.23. The number of carbonyl (C=O) groups is 2. The predicted molar refractivity (Wildman–Crippen MR) is 117 cm³/mol. The van der Waals surface area contributed by atoms with Crippen LogP contribution in [-0.4, -0.2) is 30.8 Å². The van der Waals surface area contributed by atoms with E-state index in [4.69, 9.17) is 9.47 Å². The zero-order valence-corrected chi connectivity index (χ0v) is 18.7. The minimum Gasteiger partial charge on any atom is -0.495 e. The number of carbonyl (C=O) groups excluding carboxylic acids is 2. The number of halogens is 1. The number of anilines is 1. The summed E-state index contributed by atoms with van der Waals surface area (Å²) in [7, 11) is 1.55. The van der Waals surface area contributed by atoms with E-state index >= 15 is 0 Å². The Balaban J connectivity index is 2.11. The lowest BCUT2D eigenvalue weighted by atomic mass is 10.0. The van der Waals surface area contributed by atoms with Crippen molar-refractivity contribution in [2.75, 3.05) is 12.4 Å². The summed E-state index contributed by atoms with van der Waals surface area (Å²) >= 11 is 3.39. The first-order valence-electron chi connectivity index (χ1n) is 9.36. The number of ether oxygens (including phenoxy) is 2. The van der Waals surface area contributed by atoms with Gasteiger partial charge in [-0.25, -0.2) is 4.79 Å². The first-order chi connectivity index (χ1) is 13.7. The molecule has 0 saturated carbocycles. The molecular weight excluding hydrogens is 436 g/mol. The fraction of sp³-hybridized carbons (Fsp3) is 0.364. The molecule has 7 heteroatoms. The van der Waals surface area contributed by atoms with Crippen LogP contribution < -0.4 is 15.4 Å². The van der Waals surface area contributed by atoms with Crippen LogP contribution in [0.3, 0.4) is 0 Å². The van der Waals surface area contributed by atoms with Crippen LogP contribution >= 0.6 is 15.9 Å². The molecule has 1 unspecified atom stereocenters. The van der Waals surface area contributed by atoms with Gasteiger partial charge in [0.15, 0.2) is 0 Å². The molecule has 29 heavy (non-hydrogen) atoms. The Morgan fingerprint density at radius 2 is 1.79 bits per heavy atom. The summed E-state index contributed by atoms with van der Waals surface area (Å²) in [5.41, 5.74) is 1.01. The fourth-order valence-corrected chi connectivity index (χ4v) is 3.05. The molecule has 156 valence electrons. The van der Waals surface area contributed by atoms with Crippen LogP contribution in [0.5, 0.6) is 5.75 Å². The van der Waals surface area contributed by atoms with Crippen LogP contribution in [-0.2, 0) is 16.0 Å². The van der Waals surface area contributed by atoms with Gasteiger partial charge in [0.2, 0.25) is 5.91 Å². The van der Waals surface area contributed by atoms with Crippen molar-refractivity contribution in [2.24, 2.45) is 0 Å². The van der Waals surface area contributed by atoms with Crippen molar-refractivity contribution in [2.45, 2.75) is 45.3 Å². The summed E-state index contributed by atoms with van der Waals surface area (Å²) in [4.78, 5) is 25.1. The number of hydrogen-bond acceptors (Lipinski definition) is 4. The lowest BCUT2D eigenvalue weighted by molar-refractivity contribution is -0.118. The Labute approximate surface area is 180 Å². The monoisotopic (exact) mass is 462 g/mol. The standard InChI is InChI=1S/C22H27BrN2O4/c1-22(2,3)29-21(27)25-18(13-10-15-8-6-5-7-9-15)20(26)24-16-11-12-17(23)19(14-16)28-4/h5-9,11-12,14,18H,10,13H2,1-4H3,(H,24,26)(H,25,27). The van der Waals surface area contributed by atoms with Gasteiger partial charge in [0, 0.05) is 11.8 Å². The molecule has 0 radical (unpaired) electrons. The summed E-state index contributed by atoms with van der Waals surface area (Å²) in [6.07, 6.45) is 0.445. The summed E-state index contributed by atoms with van der Waals surface area (Å²) in [5, 5.41) is 5.53. The van der Waals surface area contributed by atoms with E-state index in [1.54, 1.807) is 46.1 Å². The normalized spacial score (nSPS) is 12.0. The van der Waals surface area contributed by atoms with E-state index in [1.807, 2.05) is 30.3 Å². The van der Waals surface area contributed by atoms with Crippen molar-refractivity contribution in [3.8, 4) is 5.75 Å². The Kier molecular flexibility index (Phi) is 8.08. The maximum atomic E-state index is 12.9. The van der Waals surface area contributed by atoms with E-state index in [9.17, 15) is 9.59 Å². The summed E-state index contributed by atoms with van der Waals surface area (Å²) in [6.45, 7) is 5.33. The van der Waals surface area contributed by atoms with Gasteiger partial charge in [-0.3, -0.25) is 4.79 Å². The number of hydrogen-bond donors (Lipinski definition) is 2. The number of nitrogens with one attached hydrogen (secondary N) is 2. The molecular formula is C22H27BrN2O4. The van der Waals surface area contributed by atoms with Gasteiger partial charge in [0.25, 0.3) is 0 Å². The Morgan fingerprint density at radius 3 is 2.41 bits per heavy atom. The largest absolute Gasteiger partial charge is 0.495 e. The van der Waals surface area contributed by atoms with Crippen molar-refractivity contribution >= 4 is 33.6 Å². The highest BCUT2D eigenvalue weighted by molar-refractivity contribution is 9.10. The van der Waals surface area contributed by atoms with Crippen LogP contribution in [0.25, 0.3) is 0 Å². The van der Waals surface area contributed by atoms with E-state index in [0.717, 1.165) is 10.0 Å². The Morgan fingerprint density at radius 1 is 1.10 bits per heavy atom. The molecule has 2 N–H and O–H groups in total. The molecule has 0 bridgehead atoms. The number of methoxy groups -OCH3 is 1. The van der Waals surface area contributed by atoms with Crippen molar-refractivity contribution < 1.29 is 19.1 Å². The molecule has 0 aliphatic rings. The van der Waals surface area contributed by atoms with E-state index in [-0.39, 0.29) is 5.91 Å². The molecule has 0 aliphatic heterocycles. The average molecular weight is 463 g/mol. The van der Waals surface area contributed by atoms with Crippen molar-refractivity contribution in [1.82, 2.24) is 5.32 Å². The predicted octanol–water partition coefficient (Wildman–Crippen LogP) is 4.92. The fourth-order valence-electron chi connectivity index (χ4n) is 2.64. The maximum Gasteiger partial charge on any atom is 0.408 e. The van der Waals surface area contributed by atoms with Crippen molar-refractivity contribution in [1.29, 1.82) is 0 Å². The third kappa shape index (κ3) is 7.77. The van der Waals surface area contributed by atoms with Crippen LogP contribution in [0.1, 0.15) is 32.8 Å². The van der Waals surface area contributed by atoms with E-state index in [1.165, 1.54) is 0 Å². The number of amides is 2. The SMILES string of the molecule is COc1cc(NC(=O)C(CCc2ccccc2)NC(=O)OC(C)(C)C)ccc1Br. The summed E-state index contributed by atoms with van der Waals surface area (Å²) in [6, 6.07) is 14.3. The Bertz CT molecular complexity index is 834. The molecule has 0 aliphatic carbocycles. The smallest absolute Gasteiger partial charge is 0.408 e. The van der Waals surface area contributed by atoms with Crippen LogP contribution in [0, 0.1) is 0 Å².